The highest BCUT2D eigenvalue weighted by molar-refractivity contribution is 5.98. The molecule has 1 aromatic carbocycles. The summed E-state index contributed by atoms with van der Waals surface area (Å²) < 4.78 is 40.4. The Labute approximate surface area is 128 Å². The molecule has 1 heterocycles. The van der Waals surface area contributed by atoms with E-state index in [9.17, 15) is 22.8 Å². The van der Waals surface area contributed by atoms with Gasteiger partial charge in [0.15, 0.2) is 11.5 Å². The van der Waals surface area contributed by atoms with E-state index >= 15 is 0 Å². The van der Waals surface area contributed by atoms with Gasteiger partial charge in [0.2, 0.25) is 0 Å². The minimum atomic E-state index is -4.67. The van der Waals surface area contributed by atoms with E-state index < -0.39 is 23.6 Å². The first-order valence-electron chi connectivity index (χ1n) is 6.85. The zero-order chi connectivity index (χ0) is 16.8. The zero-order valence-electron chi connectivity index (χ0n) is 11.7. The number of benzene rings is 1. The van der Waals surface area contributed by atoms with Crippen LogP contribution in [-0.4, -0.2) is 26.6 Å². The topological polar surface area (TPSA) is 72.2 Å². The third kappa shape index (κ3) is 2.60. The molecule has 2 aromatic rings. The van der Waals surface area contributed by atoms with Gasteiger partial charge < -0.3 is 5.11 Å². The molecule has 1 aliphatic carbocycles. The summed E-state index contributed by atoms with van der Waals surface area (Å²) in [6.45, 7) is 0. The van der Waals surface area contributed by atoms with Gasteiger partial charge in [-0.2, -0.15) is 18.3 Å². The number of aromatic carboxylic acids is 1. The van der Waals surface area contributed by atoms with E-state index in [1.807, 2.05) is 0 Å². The highest BCUT2D eigenvalue weighted by Crippen LogP contribution is 2.36. The second-order valence-electron chi connectivity index (χ2n) is 5.22. The molecule has 0 radical (unpaired) electrons. The summed E-state index contributed by atoms with van der Waals surface area (Å²) >= 11 is 0. The van der Waals surface area contributed by atoms with Crippen LogP contribution >= 0.6 is 0 Å². The number of carbonyl (C=O) groups excluding carboxylic acids is 1. The van der Waals surface area contributed by atoms with Crippen molar-refractivity contribution in [2.45, 2.75) is 25.4 Å². The Morgan fingerprint density at radius 3 is 2.65 bits per heavy atom. The smallest absolute Gasteiger partial charge is 0.435 e. The minimum absolute atomic E-state index is 0.0939. The van der Waals surface area contributed by atoms with Gasteiger partial charge in [-0.3, -0.25) is 4.79 Å². The Balaban J connectivity index is 2.24. The van der Waals surface area contributed by atoms with Gasteiger partial charge in [-0.15, -0.1) is 0 Å². The van der Waals surface area contributed by atoms with Crippen LogP contribution in [-0.2, 0) is 12.6 Å². The molecule has 0 aliphatic heterocycles. The lowest BCUT2D eigenvalue weighted by molar-refractivity contribution is -0.142. The lowest BCUT2D eigenvalue weighted by Gasteiger charge is -2.13. The monoisotopic (exact) mass is 324 g/mol. The largest absolute Gasteiger partial charge is 0.478 e. The number of aromatic nitrogens is 2. The number of alkyl halides is 3. The fraction of sp³-hybridized carbons (Fsp3) is 0.267. The summed E-state index contributed by atoms with van der Waals surface area (Å²) in [6.07, 6.45) is -4.06. The van der Waals surface area contributed by atoms with Crippen molar-refractivity contribution in [3.63, 3.8) is 0 Å². The molecule has 0 spiro atoms. The number of hydrogen-bond donors (Lipinski definition) is 1. The molecule has 0 unspecified atom stereocenters. The fourth-order valence-corrected chi connectivity index (χ4v) is 2.70. The fourth-order valence-electron chi connectivity index (χ4n) is 2.70. The summed E-state index contributed by atoms with van der Waals surface area (Å²) in [5.74, 6) is -1.63. The van der Waals surface area contributed by atoms with Gasteiger partial charge in [-0.05, 0) is 31.0 Å². The van der Waals surface area contributed by atoms with Gasteiger partial charge in [0.05, 0.1) is 11.3 Å². The van der Waals surface area contributed by atoms with Crippen molar-refractivity contribution in [1.29, 1.82) is 0 Å². The Hall–Kier alpha value is -2.64. The third-order valence-electron chi connectivity index (χ3n) is 3.68. The first-order chi connectivity index (χ1) is 10.8. The van der Waals surface area contributed by atoms with Crippen molar-refractivity contribution >= 4 is 11.8 Å². The highest BCUT2D eigenvalue weighted by atomic mass is 19.4. The molecular weight excluding hydrogens is 313 g/mol. The SMILES string of the molecule is O=C(O)c1cccc(-n2nc(C(F)(F)F)c3c2C(=O)CCC3)c1. The molecule has 0 atom stereocenters. The van der Waals surface area contributed by atoms with Crippen molar-refractivity contribution in [2.24, 2.45) is 0 Å². The maximum Gasteiger partial charge on any atom is 0.435 e. The van der Waals surface area contributed by atoms with Crippen molar-refractivity contribution in [2.75, 3.05) is 0 Å². The van der Waals surface area contributed by atoms with Crippen LogP contribution in [0.25, 0.3) is 5.69 Å². The van der Waals surface area contributed by atoms with E-state index in [0.717, 1.165) is 4.68 Å². The number of fused-ring (bicyclic) bond motifs is 1. The number of carboxylic acids is 1. The maximum absolute atomic E-state index is 13.2. The van der Waals surface area contributed by atoms with Gasteiger partial charge in [0.1, 0.15) is 5.69 Å². The molecule has 0 saturated heterocycles. The Morgan fingerprint density at radius 1 is 1.26 bits per heavy atom. The Morgan fingerprint density at radius 2 is 2.00 bits per heavy atom. The molecule has 1 N–H and O–H groups in total. The molecule has 1 aromatic heterocycles. The highest BCUT2D eigenvalue weighted by Gasteiger charge is 2.41. The van der Waals surface area contributed by atoms with Gasteiger partial charge in [0.25, 0.3) is 0 Å². The number of Topliss-reactive ketones (excluding diaryl/α,β-unsaturated/α-hetero) is 1. The summed E-state index contributed by atoms with van der Waals surface area (Å²) in [7, 11) is 0. The van der Waals surface area contributed by atoms with E-state index in [1.165, 1.54) is 24.3 Å². The lowest BCUT2D eigenvalue weighted by atomic mass is 9.94. The second kappa shape index (κ2) is 5.22. The summed E-state index contributed by atoms with van der Waals surface area (Å²) in [5, 5.41) is 12.6. The molecule has 0 saturated carbocycles. The van der Waals surface area contributed by atoms with E-state index in [4.69, 9.17) is 5.11 Å². The second-order valence-corrected chi connectivity index (χ2v) is 5.22. The first kappa shape index (κ1) is 15.3. The van der Waals surface area contributed by atoms with Crippen molar-refractivity contribution in [3.8, 4) is 5.69 Å². The predicted molar refractivity (Wildman–Crippen MR) is 72.8 cm³/mol. The summed E-state index contributed by atoms with van der Waals surface area (Å²) in [4.78, 5) is 23.1. The number of halogens is 3. The standard InChI is InChI=1S/C15H11F3N2O3/c16-15(17,18)13-10-5-2-6-11(21)12(10)20(19-13)9-4-1-3-8(7-9)14(22)23/h1,3-4,7H,2,5-6H2,(H,22,23). The third-order valence-corrected chi connectivity index (χ3v) is 3.68. The van der Waals surface area contributed by atoms with Crippen LogP contribution in [0.5, 0.6) is 0 Å². The van der Waals surface area contributed by atoms with E-state index in [1.54, 1.807) is 0 Å². The van der Waals surface area contributed by atoms with Crippen LogP contribution in [0.2, 0.25) is 0 Å². The Bertz CT molecular complexity index is 809. The normalized spacial score (nSPS) is 14.7. The minimum Gasteiger partial charge on any atom is -0.478 e. The van der Waals surface area contributed by atoms with Crippen molar-refractivity contribution < 1.29 is 27.9 Å². The average Bonchev–Trinajstić information content (AvgIpc) is 2.88. The van der Waals surface area contributed by atoms with Crippen LogP contribution in [0, 0.1) is 0 Å². The molecule has 0 amide bonds. The van der Waals surface area contributed by atoms with E-state index in [2.05, 4.69) is 5.10 Å². The molecule has 0 fully saturated rings. The van der Waals surface area contributed by atoms with Crippen LogP contribution in [0.3, 0.4) is 0 Å². The quantitative estimate of drug-likeness (QED) is 0.921. The van der Waals surface area contributed by atoms with Crippen LogP contribution in [0.4, 0.5) is 13.2 Å². The van der Waals surface area contributed by atoms with E-state index in [0.29, 0.717) is 6.42 Å². The summed E-state index contributed by atoms with van der Waals surface area (Å²) in [6, 6.07) is 5.32. The molecule has 0 bridgehead atoms. The molecule has 5 nitrogen and oxygen atoms in total. The summed E-state index contributed by atoms with van der Waals surface area (Å²) in [5.41, 5.74) is -1.28. The van der Waals surface area contributed by atoms with Gasteiger partial charge in [-0.25, -0.2) is 9.48 Å². The molecule has 3 rings (SSSR count). The maximum atomic E-state index is 13.2. The first-order valence-corrected chi connectivity index (χ1v) is 6.85. The molecule has 1 aliphatic rings. The van der Waals surface area contributed by atoms with Crippen LogP contribution in [0.15, 0.2) is 24.3 Å². The number of carboxylic acid groups (broad SMARTS) is 1. The number of nitrogens with zero attached hydrogens (tertiary/aromatic N) is 2. The van der Waals surface area contributed by atoms with Crippen molar-refractivity contribution in [3.05, 3.63) is 46.8 Å². The van der Waals surface area contributed by atoms with Gasteiger partial charge in [-0.1, -0.05) is 6.07 Å². The number of carbonyl (C=O) groups is 2. The van der Waals surface area contributed by atoms with Crippen LogP contribution < -0.4 is 0 Å². The number of rotatable bonds is 2. The zero-order valence-corrected chi connectivity index (χ0v) is 11.7. The number of hydrogen-bond acceptors (Lipinski definition) is 3. The number of ketones is 1. The van der Waals surface area contributed by atoms with Crippen LogP contribution in [0.1, 0.15) is 44.9 Å². The van der Waals surface area contributed by atoms with E-state index in [-0.39, 0.29) is 35.3 Å². The lowest BCUT2D eigenvalue weighted by Crippen LogP contribution is -2.16. The average molecular weight is 324 g/mol. The molecule has 8 heteroatoms. The molecular formula is C15H11F3N2O3. The molecule has 23 heavy (non-hydrogen) atoms. The van der Waals surface area contributed by atoms with Gasteiger partial charge >= 0.3 is 12.1 Å². The predicted octanol–water partition coefficient (Wildman–Crippen LogP) is 3.11. The van der Waals surface area contributed by atoms with Crippen molar-refractivity contribution in [1.82, 2.24) is 9.78 Å². The van der Waals surface area contributed by atoms with Gasteiger partial charge in [0, 0.05) is 12.0 Å². The molecule has 120 valence electrons. The Kier molecular flexibility index (Phi) is 3.46.